The summed E-state index contributed by atoms with van der Waals surface area (Å²) < 4.78 is 0. The van der Waals surface area contributed by atoms with Crippen molar-refractivity contribution >= 4 is 35.0 Å². The summed E-state index contributed by atoms with van der Waals surface area (Å²) in [7, 11) is 0. The van der Waals surface area contributed by atoms with Crippen LogP contribution in [0, 0.1) is 0 Å². The molecule has 0 N–H and O–H groups in total. The number of halogens is 1. The molecule has 0 unspecified atom stereocenters. The average Bonchev–Trinajstić information content (AvgIpc) is 2.92. The summed E-state index contributed by atoms with van der Waals surface area (Å²) in [5.41, 5.74) is 2.32. The number of carbonyl (C=O) groups is 1. The zero-order chi connectivity index (χ0) is 14.8. The van der Waals surface area contributed by atoms with Gasteiger partial charge in [-0.2, -0.15) is 0 Å². The van der Waals surface area contributed by atoms with Crippen molar-refractivity contribution in [2.45, 2.75) is 23.5 Å². The summed E-state index contributed by atoms with van der Waals surface area (Å²) in [5.74, 6) is 0.167. The molecule has 0 radical (unpaired) electrons. The first-order valence-electron chi connectivity index (χ1n) is 6.96. The van der Waals surface area contributed by atoms with Crippen molar-refractivity contribution in [3.63, 3.8) is 0 Å². The number of hydrogen-bond donors (Lipinski definition) is 0. The highest BCUT2D eigenvalue weighted by molar-refractivity contribution is 8.00. The van der Waals surface area contributed by atoms with Gasteiger partial charge >= 0.3 is 0 Å². The number of thioether (sulfide) groups is 1. The average molecular weight is 318 g/mol. The number of nitrogens with zero attached hydrogens (tertiary/aromatic N) is 1. The van der Waals surface area contributed by atoms with E-state index in [2.05, 4.69) is 6.07 Å². The third-order valence-electron chi connectivity index (χ3n) is 3.63. The lowest BCUT2D eigenvalue weighted by atomic mass is 10.2. The molecule has 0 fully saturated rings. The molecule has 1 aliphatic rings. The standard InChI is InChI=1S/C17H16ClNOS/c1-12(21-15-8-6-14(18)7-9-15)17(20)19-11-10-13-4-2-3-5-16(13)19/h2-9,12H,10-11H2,1H3/t12-/m1/s1. The maximum atomic E-state index is 12.7. The molecule has 2 aromatic carbocycles. The van der Waals surface area contributed by atoms with Gasteiger partial charge in [0.25, 0.3) is 0 Å². The minimum Gasteiger partial charge on any atom is -0.311 e. The Morgan fingerprint density at radius 3 is 2.67 bits per heavy atom. The molecule has 21 heavy (non-hydrogen) atoms. The first-order valence-corrected chi connectivity index (χ1v) is 8.22. The number of fused-ring (bicyclic) bond motifs is 1. The van der Waals surface area contributed by atoms with Gasteiger partial charge in [0.2, 0.25) is 5.91 Å². The predicted octanol–water partition coefficient (Wildman–Crippen LogP) is 4.41. The van der Waals surface area contributed by atoms with Crippen LogP contribution in [0.2, 0.25) is 5.02 Å². The molecule has 1 aliphatic heterocycles. The third-order valence-corrected chi connectivity index (χ3v) is 4.98. The van der Waals surface area contributed by atoms with E-state index >= 15 is 0 Å². The lowest BCUT2D eigenvalue weighted by Gasteiger charge is -2.21. The van der Waals surface area contributed by atoms with Crippen molar-refractivity contribution in [1.82, 2.24) is 0 Å². The monoisotopic (exact) mass is 317 g/mol. The molecule has 0 saturated heterocycles. The first kappa shape index (κ1) is 14.5. The Balaban J connectivity index is 1.72. The van der Waals surface area contributed by atoms with E-state index in [1.54, 1.807) is 11.8 Å². The summed E-state index contributed by atoms with van der Waals surface area (Å²) in [4.78, 5) is 15.6. The van der Waals surface area contributed by atoms with Crippen LogP contribution in [0.15, 0.2) is 53.4 Å². The van der Waals surface area contributed by atoms with Crippen molar-refractivity contribution in [2.24, 2.45) is 0 Å². The second-order valence-corrected chi connectivity index (χ2v) is 6.93. The summed E-state index contributed by atoms with van der Waals surface area (Å²) >= 11 is 7.46. The number of hydrogen-bond acceptors (Lipinski definition) is 2. The van der Waals surface area contributed by atoms with Crippen molar-refractivity contribution < 1.29 is 4.79 Å². The molecule has 2 aromatic rings. The number of carbonyl (C=O) groups excluding carboxylic acids is 1. The summed E-state index contributed by atoms with van der Waals surface area (Å²) in [6, 6.07) is 15.8. The summed E-state index contributed by atoms with van der Waals surface area (Å²) in [6.45, 7) is 2.74. The fourth-order valence-electron chi connectivity index (χ4n) is 2.55. The number of amides is 1. The second-order valence-electron chi connectivity index (χ2n) is 5.08. The van der Waals surface area contributed by atoms with E-state index in [0.717, 1.165) is 23.5 Å². The largest absolute Gasteiger partial charge is 0.311 e. The molecule has 4 heteroatoms. The van der Waals surface area contributed by atoms with E-state index in [1.165, 1.54) is 5.56 Å². The molecule has 0 saturated carbocycles. The van der Waals surface area contributed by atoms with Crippen LogP contribution < -0.4 is 4.90 Å². The van der Waals surface area contributed by atoms with Gasteiger partial charge in [0, 0.05) is 22.2 Å². The fourth-order valence-corrected chi connectivity index (χ4v) is 3.61. The highest BCUT2D eigenvalue weighted by Crippen LogP contribution is 2.31. The van der Waals surface area contributed by atoms with Crippen LogP contribution in [0.4, 0.5) is 5.69 Å². The summed E-state index contributed by atoms with van der Waals surface area (Å²) in [6.07, 6.45) is 0.945. The number of anilines is 1. The zero-order valence-electron chi connectivity index (χ0n) is 11.8. The number of para-hydroxylation sites is 1. The Labute approximate surface area is 134 Å². The van der Waals surface area contributed by atoms with Crippen LogP contribution in [-0.2, 0) is 11.2 Å². The molecule has 108 valence electrons. The van der Waals surface area contributed by atoms with Gasteiger partial charge < -0.3 is 4.90 Å². The third kappa shape index (κ3) is 3.09. The highest BCUT2D eigenvalue weighted by Gasteiger charge is 2.28. The Morgan fingerprint density at radius 1 is 1.19 bits per heavy atom. The van der Waals surface area contributed by atoms with E-state index in [-0.39, 0.29) is 11.2 Å². The lowest BCUT2D eigenvalue weighted by molar-refractivity contribution is -0.117. The molecule has 3 rings (SSSR count). The van der Waals surface area contributed by atoms with Crippen LogP contribution in [-0.4, -0.2) is 17.7 Å². The maximum Gasteiger partial charge on any atom is 0.240 e. The minimum atomic E-state index is -0.114. The number of benzene rings is 2. The first-order chi connectivity index (χ1) is 10.1. The highest BCUT2D eigenvalue weighted by atomic mass is 35.5. The van der Waals surface area contributed by atoms with E-state index in [1.807, 2.05) is 54.3 Å². The van der Waals surface area contributed by atoms with Crippen molar-refractivity contribution in [3.05, 3.63) is 59.1 Å². The van der Waals surface area contributed by atoms with Gasteiger partial charge in [-0.1, -0.05) is 29.8 Å². The minimum absolute atomic E-state index is 0.114. The van der Waals surface area contributed by atoms with E-state index < -0.39 is 0 Å². The molecule has 1 amide bonds. The van der Waals surface area contributed by atoms with Gasteiger partial charge in [0.15, 0.2) is 0 Å². The van der Waals surface area contributed by atoms with Crippen molar-refractivity contribution in [2.75, 3.05) is 11.4 Å². The van der Waals surface area contributed by atoms with Crippen LogP contribution >= 0.6 is 23.4 Å². The van der Waals surface area contributed by atoms with E-state index in [0.29, 0.717) is 5.02 Å². The Kier molecular flexibility index (Phi) is 4.22. The molecule has 2 nitrogen and oxygen atoms in total. The van der Waals surface area contributed by atoms with Crippen molar-refractivity contribution in [1.29, 1.82) is 0 Å². The molecule has 0 aromatic heterocycles. The fraction of sp³-hybridized carbons (Fsp3) is 0.235. The van der Waals surface area contributed by atoms with Gasteiger partial charge in [0.05, 0.1) is 5.25 Å². The second kappa shape index (κ2) is 6.12. The molecule has 0 spiro atoms. The maximum absolute atomic E-state index is 12.7. The SMILES string of the molecule is C[C@@H](Sc1ccc(Cl)cc1)C(=O)N1CCc2ccccc21. The lowest BCUT2D eigenvalue weighted by Crippen LogP contribution is -2.35. The Bertz CT molecular complexity index is 656. The van der Waals surface area contributed by atoms with Gasteiger partial charge in [-0.05, 0) is 49.2 Å². The Morgan fingerprint density at radius 2 is 1.90 bits per heavy atom. The van der Waals surface area contributed by atoms with E-state index in [4.69, 9.17) is 11.6 Å². The Hall–Kier alpha value is -1.45. The van der Waals surface area contributed by atoms with Gasteiger partial charge in [0.1, 0.15) is 0 Å². The van der Waals surface area contributed by atoms with Crippen molar-refractivity contribution in [3.8, 4) is 0 Å². The normalized spacial score (nSPS) is 14.9. The molecule has 0 aliphatic carbocycles. The molecule has 0 bridgehead atoms. The van der Waals surface area contributed by atoms with Gasteiger partial charge in [-0.15, -0.1) is 11.8 Å². The predicted molar refractivity (Wildman–Crippen MR) is 89.3 cm³/mol. The zero-order valence-corrected chi connectivity index (χ0v) is 13.3. The summed E-state index contributed by atoms with van der Waals surface area (Å²) in [5, 5.41) is 0.601. The molecule has 1 heterocycles. The van der Waals surface area contributed by atoms with Gasteiger partial charge in [-0.25, -0.2) is 0 Å². The van der Waals surface area contributed by atoms with Crippen LogP contribution in [0.5, 0.6) is 0 Å². The number of rotatable bonds is 3. The smallest absolute Gasteiger partial charge is 0.240 e. The molecular weight excluding hydrogens is 302 g/mol. The molecular formula is C17H16ClNOS. The molecule has 1 atom stereocenters. The topological polar surface area (TPSA) is 20.3 Å². The van der Waals surface area contributed by atoms with Crippen LogP contribution in [0.3, 0.4) is 0 Å². The quantitative estimate of drug-likeness (QED) is 0.782. The van der Waals surface area contributed by atoms with Gasteiger partial charge in [-0.3, -0.25) is 4.79 Å². The van der Waals surface area contributed by atoms with Crippen LogP contribution in [0.1, 0.15) is 12.5 Å². The van der Waals surface area contributed by atoms with Crippen LogP contribution in [0.25, 0.3) is 0 Å². The van der Waals surface area contributed by atoms with E-state index in [9.17, 15) is 4.79 Å².